The van der Waals surface area contributed by atoms with Gasteiger partial charge in [0.2, 0.25) is 0 Å². The summed E-state index contributed by atoms with van der Waals surface area (Å²) in [5, 5.41) is 0. The van der Waals surface area contributed by atoms with Gasteiger partial charge in [-0.2, -0.15) is 0 Å². The second-order valence-corrected chi connectivity index (χ2v) is 3.03. The molecule has 0 aliphatic carbocycles. The van der Waals surface area contributed by atoms with E-state index in [0.717, 1.165) is 6.54 Å². The summed E-state index contributed by atoms with van der Waals surface area (Å²) in [4.78, 5) is 0. The van der Waals surface area contributed by atoms with Crippen molar-refractivity contribution in [2.45, 2.75) is 6.54 Å². The van der Waals surface area contributed by atoms with E-state index < -0.39 is 0 Å². The molecule has 3 heteroatoms. The molecule has 0 amide bonds. The van der Waals surface area contributed by atoms with Gasteiger partial charge < -0.3 is 1.43 Å². The van der Waals surface area contributed by atoms with Crippen molar-refractivity contribution >= 4 is 12.4 Å². The van der Waals surface area contributed by atoms with E-state index in [2.05, 4.69) is 41.2 Å². The molecule has 1 heterocycles. The number of rotatable bonds is 2. The Hall–Kier alpha value is -0.340. The van der Waals surface area contributed by atoms with Crippen LogP contribution in [0.5, 0.6) is 0 Å². The molecule has 1 aromatic carbocycles. The number of hydrogen-bond acceptors (Lipinski definition) is 0. The first-order chi connectivity index (χ1) is 6.45. The predicted octanol–water partition coefficient (Wildman–Crippen LogP) is -0.439. The maximum atomic E-state index is 2.16. The van der Waals surface area contributed by atoms with E-state index in [9.17, 15) is 0 Å². The van der Waals surface area contributed by atoms with Gasteiger partial charge in [0.15, 0.2) is 18.9 Å². The molecule has 15 heavy (non-hydrogen) atoms. The summed E-state index contributed by atoms with van der Waals surface area (Å²) in [6, 6.07) is 16.6. The van der Waals surface area contributed by atoms with Crippen LogP contribution < -0.4 is 34.1 Å². The average molecular weight is 231 g/mol. The molecule has 2 rings (SSSR count). The van der Waals surface area contributed by atoms with Crippen molar-refractivity contribution in [2.24, 2.45) is 0 Å². The van der Waals surface area contributed by atoms with Gasteiger partial charge in [-0.3, -0.25) is 0 Å². The fourth-order valence-electron chi connectivity index (χ4n) is 1.33. The van der Waals surface area contributed by atoms with E-state index in [1.807, 2.05) is 24.3 Å². The molecule has 0 saturated heterocycles. The molecule has 0 spiro atoms. The minimum atomic E-state index is 0. The fraction of sp³-hybridized carbons (Fsp3) is 0.0833. The van der Waals surface area contributed by atoms with Gasteiger partial charge in [-0.15, -0.1) is 12.4 Å². The number of nitrogens with zero attached hydrogens (tertiary/aromatic N) is 1. The number of halogens is 1. The minimum absolute atomic E-state index is 0. The van der Waals surface area contributed by atoms with Crippen molar-refractivity contribution in [3.63, 3.8) is 0 Å². The smallest absolute Gasteiger partial charge is 1.00 e. The molecule has 1 aromatic heterocycles. The van der Waals surface area contributed by atoms with Crippen molar-refractivity contribution in [3.8, 4) is 0 Å². The maximum Gasteiger partial charge on any atom is 1.00 e. The number of hydrogen-bond donors (Lipinski definition) is 0. The molecular weight excluding hydrogens is 217 g/mol. The Labute approximate surface area is 120 Å². The van der Waals surface area contributed by atoms with Crippen LogP contribution in [0.15, 0.2) is 60.9 Å². The van der Waals surface area contributed by atoms with E-state index in [1.54, 1.807) is 0 Å². The summed E-state index contributed by atoms with van der Waals surface area (Å²) in [6.07, 6.45) is 4.15. The van der Waals surface area contributed by atoms with Gasteiger partial charge in [0.25, 0.3) is 0 Å². The van der Waals surface area contributed by atoms with Crippen LogP contribution in [0.4, 0.5) is 0 Å². The molecule has 0 N–H and O–H groups in total. The average Bonchev–Trinajstić information content (AvgIpc) is 2.21. The molecule has 0 unspecified atom stereocenters. The van der Waals surface area contributed by atoms with Gasteiger partial charge in [0, 0.05) is 17.7 Å². The minimum Gasteiger partial charge on any atom is -1.00 e. The molecule has 0 saturated carbocycles. The van der Waals surface area contributed by atoms with Crippen molar-refractivity contribution < 1.29 is 35.6 Å². The first-order valence-corrected chi connectivity index (χ1v) is 4.43. The number of aromatic nitrogens is 1. The van der Waals surface area contributed by atoms with Crippen LogP contribution in [0, 0.1) is 0 Å². The van der Waals surface area contributed by atoms with Gasteiger partial charge in [0.1, 0.15) is 0 Å². The summed E-state index contributed by atoms with van der Waals surface area (Å²) in [5.74, 6) is 0. The van der Waals surface area contributed by atoms with E-state index in [0.29, 0.717) is 0 Å². The van der Waals surface area contributed by atoms with Crippen molar-refractivity contribution in [1.82, 2.24) is 0 Å². The van der Waals surface area contributed by atoms with E-state index in [4.69, 9.17) is 0 Å². The molecule has 2 aromatic rings. The molecule has 0 fully saturated rings. The van der Waals surface area contributed by atoms with Gasteiger partial charge in [-0.25, -0.2) is 4.57 Å². The van der Waals surface area contributed by atoms with Crippen LogP contribution >= 0.6 is 12.4 Å². The zero-order valence-electron chi connectivity index (χ0n) is 9.84. The molecule has 0 aliphatic heterocycles. The van der Waals surface area contributed by atoms with Crippen LogP contribution in [-0.4, -0.2) is 0 Å². The van der Waals surface area contributed by atoms with Gasteiger partial charge in [0.05, 0.1) is 0 Å². The Balaban J connectivity index is 0. The topological polar surface area (TPSA) is 3.88 Å². The van der Waals surface area contributed by atoms with Crippen LogP contribution in [0.3, 0.4) is 0 Å². The van der Waals surface area contributed by atoms with Gasteiger partial charge >= 0.3 is 29.6 Å². The van der Waals surface area contributed by atoms with Crippen molar-refractivity contribution in [2.75, 3.05) is 0 Å². The normalized spacial score (nSPS) is 8.53. The molecule has 1 nitrogen and oxygen atoms in total. The molecule has 0 aliphatic rings. The van der Waals surface area contributed by atoms with Crippen LogP contribution in [0.25, 0.3) is 0 Å². The Morgan fingerprint density at radius 1 is 0.867 bits per heavy atom. The third-order valence-electron chi connectivity index (χ3n) is 1.99. The largest absolute Gasteiger partial charge is 1.00 e. The Kier molecular flexibility index (Phi) is 7.71. The molecule has 74 valence electrons. The van der Waals surface area contributed by atoms with E-state index in [-0.39, 0.29) is 43.4 Å². The Bertz CT molecular complexity index is 332. The van der Waals surface area contributed by atoms with Gasteiger partial charge in [-0.1, -0.05) is 36.4 Å². The standard InChI is InChI=1S/C12H12N.ClH.Na.H/c1-3-7-12(8-4-1)11-13-9-5-2-6-10-13;;;/h1-10H,11H2;1H;;/q+1;;+1;-1. The van der Waals surface area contributed by atoms with Crippen molar-refractivity contribution in [3.05, 3.63) is 66.5 Å². The molecular formula is C12H14ClNNa+. The zero-order valence-corrected chi connectivity index (χ0v) is 11.7. The zero-order chi connectivity index (χ0) is 8.93. The first kappa shape index (κ1) is 14.7. The molecule has 0 radical (unpaired) electrons. The monoisotopic (exact) mass is 230 g/mol. The summed E-state index contributed by atoms with van der Waals surface area (Å²) in [7, 11) is 0. The number of pyridine rings is 1. The fourth-order valence-corrected chi connectivity index (χ4v) is 1.33. The second kappa shape index (κ2) is 7.89. The summed E-state index contributed by atoms with van der Waals surface area (Å²) < 4.78 is 2.16. The van der Waals surface area contributed by atoms with E-state index >= 15 is 0 Å². The third kappa shape index (κ3) is 4.80. The molecule has 0 atom stereocenters. The maximum absolute atomic E-state index is 2.16. The SMILES string of the molecule is Cl.[H-].[Na+].c1ccc(C[n+]2ccccc2)cc1. The summed E-state index contributed by atoms with van der Waals surface area (Å²) >= 11 is 0. The van der Waals surface area contributed by atoms with E-state index in [1.165, 1.54) is 5.56 Å². The summed E-state index contributed by atoms with van der Waals surface area (Å²) in [6.45, 7) is 0.946. The third-order valence-corrected chi connectivity index (χ3v) is 1.99. The Morgan fingerprint density at radius 3 is 2.00 bits per heavy atom. The van der Waals surface area contributed by atoms with Crippen LogP contribution in [-0.2, 0) is 6.54 Å². The summed E-state index contributed by atoms with van der Waals surface area (Å²) in [5.41, 5.74) is 1.33. The number of benzene rings is 1. The first-order valence-electron chi connectivity index (χ1n) is 4.43. The van der Waals surface area contributed by atoms with Crippen LogP contribution in [0.2, 0.25) is 0 Å². The predicted molar refractivity (Wildman–Crippen MR) is 60.5 cm³/mol. The second-order valence-electron chi connectivity index (χ2n) is 3.03. The Morgan fingerprint density at radius 2 is 1.40 bits per heavy atom. The van der Waals surface area contributed by atoms with Crippen LogP contribution in [0.1, 0.15) is 6.99 Å². The molecule has 0 bridgehead atoms. The quantitative estimate of drug-likeness (QED) is 0.487. The van der Waals surface area contributed by atoms with Gasteiger partial charge in [-0.05, 0) is 0 Å². The van der Waals surface area contributed by atoms with Crippen molar-refractivity contribution in [1.29, 1.82) is 0 Å².